The molecule has 0 spiro atoms. The fraction of sp³-hybridized carbons (Fsp3) is 0.125. The second-order valence-corrected chi connectivity index (χ2v) is 5.34. The van der Waals surface area contributed by atoms with Crippen LogP contribution >= 0.6 is 15.9 Å². The minimum Gasteiger partial charge on any atom is -0.507 e. The third-order valence-electron chi connectivity index (χ3n) is 2.82. The van der Waals surface area contributed by atoms with Crippen LogP contribution in [0.5, 0.6) is 11.5 Å². The zero-order valence-electron chi connectivity index (χ0n) is 11.9. The lowest BCUT2D eigenvalue weighted by Gasteiger charge is -2.13. The predicted molar refractivity (Wildman–Crippen MR) is 88.1 cm³/mol. The van der Waals surface area contributed by atoms with E-state index in [2.05, 4.69) is 26.5 Å². The van der Waals surface area contributed by atoms with Crippen molar-refractivity contribution in [2.24, 2.45) is 5.10 Å². The molecular formula is C16H15BrN2O3. The first-order valence-corrected chi connectivity index (χ1v) is 7.39. The minimum absolute atomic E-state index is 0.0954. The molecule has 2 aromatic carbocycles. The van der Waals surface area contributed by atoms with Gasteiger partial charge in [0.1, 0.15) is 11.5 Å². The summed E-state index contributed by atoms with van der Waals surface area (Å²) in [4.78, 5) is 11.9. The average Bonchev–Trinajstić information content (AvgIpc) is 2.51. The van der Waals surface area contributed by atoms with Gasteiger partial charge in [-0.25, -0.2) is 5.43 Å². The number of hydrogen-bond acceptors (Lipinski definition) is 4. The molecule has 0 saturated heterocycles. The summed E-state index contributed by atoms with van der Waals surface area (Å²) in [6.07, 6.45) is 0.665. The Labute approximate surface area is 136 Å². The highest BCUT2D eigenvalue weighted by atomic mass is 79.9. The van der Waals surface area contributed by atoms with Crippen molar-refractivity contribution in [2.75, 3.05) is 0 Å². The maximum absolute atomic E-state index is 11.9. The first-order valence-electron chi connectivity index (χ1n) is 6.60. The molecule has 5 nitrogen and oxygen atoms in total. The van der Waals surface area contributed by atoms with Gasteiger partial charge in [-0.1, -0.05) is 24.3 Å². The van der Waals surface area contributed by atoms with Gasteiger partial charge in [0, 0.05) is 5.56 Å². The van der Waals surface area contributed by atoms with Gasteiger partial charge in [-0.15, -0.1) is 0 Å². The lowest BCUT2D eigenvalue weighted by atomic mass is 10.2. The SMILES string of the molecule is C[C@H](Oc1ccccc1Br)C(=O)N/N=C\c1ccccc1O. The highest BCUT2D eigenvalue weighted by Gasteiger charge is 2.15. The third kappa shape index (κ3) is 4.33. The van der Waals surface area contributed by atoms with E-state index < -0.39 is 6.10 Å². The smallest absolute Gasteiger partial charge is 0.280 e. The van der Waals surface area contributed by atoms with Crippen LogP contribution in [0.3, 0.4) is 0 Å². The summed E-state index contributed by atoms with van der Waals surface area (Å²) in [5.41, 5.74) is 2.89. The van der Waals surface area contributed by atoms with Gasteiger partial charge >= 0.3 is 0 Å². The van der Waals surface area contributed by atoms with Gasteiger partial charge in [0.2, 0.25) is 0 Å². The summed E-state index contributed by atoms with van der Waals surface area (Å²) < 4.78 is 6.32. The number of ether oxygens (including phenoxy) is 1. The van der Waals surface area contributed by atoms with E-state index in [0.717, 1.165) is 4.47 Å². The molecule has 0 aliphatic heterocycles. The Hall–Kier alpha value is -2.34. The molecule has 0 aliphatic rings. The fourth-order valence-electron chi connectivity index (χ4n) is 1.64. The van der Waals surface area contributed by atoms with Gasteiger partial charge in [-0.2, -0.15) is 5.10 Å². The number of benzene rings is 2. The molecule has 2 N–H and O–H groups in total. The van der Waals surface area contributed by atoms with Gasteiger partial charge in [0.15, 0.2) is 6.10 Å². The number of hydrazone groups is 1. The standard InChI is InChI=1S/C16H15BrN2O3/c1-11(22-15-9-5-3-7-13(15)17)16(21)19-18-10-12-6-2-4-8-14(12)20/h2-11,20H,1H3,(H,19,21)/b18-10-/t11-/m0/s1. The number of nitrogens with zero attached hydrogens (tertiary/aromatic N) is 1. The molecule has 0 unspecified atom stereocenters. The summed E-state index contributed by atoms with van der Waals surface area (Å²) in [5.74, 6) is 0.287. The van der Waals surface area contributed by atoms with Crippen molar-refractivity contribution in [1.29, 1.82) is 0 Å². The highest BCUT2D eigenvalue weighted by molar-refractivity contribution is 9.10. The van der Waals surface area contributed by atoms with Crippen molar-refractivity contribution in [3.8, 4) is 11.5 Å². The summed E-state index contributed by atoms with van der Waals surface area (Å²) in [5, 5.41) is 13.4. The molecule has 2 aromatic rings. The van der Waals surface area contributed by atoms with Crippen molar-refractivity contribution < 1.29 is 14.6 Å². The number of carbonyl (C=O) groups is 1. The van der Waals surface area contributed by atoms with Gasteiger partial charge in [-0.05, 0) is 47.1 Å². The van der Waals surface area contributed by atoms with Crippen LogP contribution in [0.1, 0.15) is 12.5 Å². The second-order valence-electron chi connectivity index (χ2n) is 4.48. The molecule has 6 heteroatoms. The maximum Gasteiger partial charge on any atom is 0.280 e. The maximum atomic E-state index is 11.9. The molecule has 1 amide bonds. The number of amides is 1. The molecule has 0 heterocycles. The van der Waals surface area contributed by atoms with Crippen molar-refractivity contribution in [1.82, 2.24) is 5.43 Å². The number of carbonyl (C=O) groups excluding carboxylic acids is 1. The first-order chi connectivity index (χ1) is 10.6. The summed E-state index contributed by atoms with van der Waals surface area (Å²) in [6, 6.07) is 14.0. The van der Waals surface area contributed by atoms with E-state index in [1.54, 1.807) is 37.3 Å². The lowest BCUT2D eigenvalue weighted by Crippen LogP contribution is -2.33. The zero-order chi connectivity index (χ0) is 15.9. The van der Waals surface area contributed by atoms with E-state index in [1.807, 2.05) is 18.2 Å². The molecular weight excluding hydrogens is 348 g/mol. The van der Waals surface area contributed by atoms with Crippen molar-refractivity contribution >= 4 is 28.1 Å². The molecule has 114 valence electrons. The highest BCUT2D eigenvalue weighted by Crippen LogP contribution is 2.24. The van der Waals surface area contributed by atoms with Gasteiger partial charge in [-0.3, -0.25) is 4.79 Å². The Bertz CT molecular complexity index is 689. The van der Waals surface area contributed by atoms with E-state index in [1.165, 1.54) is 6.21 Å². The van der Waals surface area contributed by atoms with Crippen LogP contribution in [0.25, 0.3) is 0 Å². The Balaban J connectivity index is 1.92. The molecule has 0 radical (unpaired) electrons. The van der Waals surface area contributed by atoms with Gasteiger partial charge in [0.25, 0.3) is 5.91 Å². The number of phenolic OH excluding ortho intramolecular Hbond substituents is 1. The largest absolute Gasteiger partial charge is 0.507 e. The second kappa shape index (κ2) is 7.61. The van der Waals surface area contributed by atoms with Crippen LogP contribution in [0.4, 0.5) is 0 Å². The Morgan fingerprint density at radius 2 is 1.95 bits per heavy atom. The number of rotatable bonds is 5. The van der Waals surface area contributed by atoms with Crippen LogP contribution < -0.4 is 10.2 Å². The normalized spacial score (nSPS) is 12.1. The molecule has 22 heavy (non-hydrogen) atoms. The van der Waals surface area contributed by atoms with Crippen molar-refractivity contribution in [3.05, 3.63) is 58.6 Å². The van der Waals surface area contributed by atoms with Crippen LogP contribution in [0.2, 0.25) is 0 Å². The van der Waals surface area contributed by atoms with Gasteiger partial charge in [0.05, 0.1) is 10.7 Å². The lowest BCUT2D eigenvalue weighted by molar-refractivity contribution is -0.127. The molecule has 1 atom stereocenters. The number of nitrogens with one attached hydrogen (secondary N) is 1. The molecule has 0 saturated carbocycles. The van der Waals surface area contributed by atoms with Crippen molar-refractivity contribution in [2.45, 2.75) is 13.0 Å². The first kappa shape index (κ1) is 16.0. The van der Waals surface area contributed by atoms with E-state index >= 15 is 0 Å². The Morgan fingerprint density at radius 1 is 1.27 bits per heavy atom. The summed E-state index contributed by atoms with van der Waals surface area (Å²) >= 11 is 3.35. The molecule has 2 rings (SSSR count). The number of halogens is 1. The van der Waals surface area contributed by atoms with E-state index in [-0.39, 0.29) is 11.7 Å². The van der Waals surface area contributed by atoms with Crippen LogP contribution in [0, 0.1) is 0 Å². The van der Waals surface area contributed by atoms with E-state index in [4.69, 9.17) is 4.74 Å². The molecule has 0 fully saturated rings. The number of hydrogen-bond donors (Lipinski definition) is 2. The number of phenols is 1. The van der Waals surface area contributed by atoms with Gasteiger partial charge < -0.3 is 9.84 Å². The predicted octanol–water partition coefficient (Wildman–Crippen LogP) is 3.07. The van der Waals surface area contributed by atoms with E-state index in [9.17, 15) is 9.90 Å². The summed E-state index contributed by atoms with van der Waals surface area (Å²) in [6.45, 7) is 1.63. The monoisotopic (exact) mass is 362 g/mol. The van der Waals surface area contributed by atoms with Crippen LogP contribution in [-0.4, -0.2) is 23.3 Å². The quantitative estimate of drug-likeness (QED) is 0.634. The van der Waals surface area contributed by atoms with Crippen molar-refractivity contribution in [3.63, 3.8) is 0 Å². The van der Waals surface area contributed by atoms with Crippen LogP contribution in [-0.2, 0) is 4.79 Å². The third-order valence-corrected chi connectivity index (χ3v) is 3.48. The minimum atomic E-state index is -0.708. The Morgan fingerprint density at radius 3 is 2.68 bits per heavy atom. The summed E-state index contributed by atoms with van der Waals surface area (Å²) in [7, 11) is 0. The number of aromatic hydroxyl groups is 1. The molecule has 0 aromatic heterocycles. The number of para-hydroxylation sites is 2. The topological polar surface area (TPSA) is 70.9 Å². The molecule has 0 bridgehead atoms. The van der Waals surface area contributed by atoms with Crippen LogP contribution in [0.15, 0.2) is 58.1 Å². The van der Waals surface area contributed by atoms with E-state index in [0.29, 0.717) is 11.3 Å². The zero-order valence-corrected chi connectivity index (χ0v) is 13.4. The molecule has 0 aliphatic carbocycles. The average molecular weight is 363 g/mol. The fourth-order valence-corrected chi connectivity index (χ4v) is 2.02. The Kier molecular flexibility index (Phi) is 5.55.